The monoisotopic (exact) mass is 501 g/mol. The van der Waals surface area contributed by atoms with Crippen molar-refractivity contribution in [2.75, 3.05) is 0 Å². The van der Waals surface area contributed by atoms with Crippen molar-refractivity contribution < 1.29 is 9.66 Å². The molecule has 1 aliphatic rings. The number of nitro benzene ring substituents is 1. The lowest BCUT2D eigenvalue weighted by Gasteiger charge is -2.16. The Kier molecular flexibility index (Phi) is 6.79. The van der Waals surface area contributed by atoms with E-state index in [1.165, 1.54) is 6.07 Å². The molecule has 0 saturated carbocycles. The van der Waals surface area contributed by atoms with Crippen LogP contribution in [0.3, 0.4) is 0 Å². The number of aliphatic imine (C=N–C) groups is 1. The highest BCUT2D eigenvalue weighted by atomic mass is 35.5. The number of benzene rings is 3. The predicted octanol–water partition coefficient (Wildman–Crippen LogP) is 7.58. The number of non-ortho nitro benzene ring substituents is 1. The number of nitro groups is 1. The normalized spacial score (nSPS) is 15.0. The predicted molar refractivity (Wildman–Crippen MR) is 139 cm³/mol. The third kappa shape index (κ3) is 5.53. The van der Waals surface area contributed by atoms with E-state index in [0.29, 0.717) is 18.2 Å². The number of rotatable bonds is 6. The number of pyridine rings is 1. The van der Waals surface area contributed by atoms with Crippen molar-refractivity contribution in [2.45, 2.75) is 23.2 Å². The van der Waals surface area contributed by atoms with Crippen molar-refractivity contribution >= 4 is 40.4 Å². The Labute approximate surface area is 211 Å². The molecule has 1 aromatic heterocycles. The summed E-state index contributed by atoms with van der Waals surface area (Å²) in [6.07, 6.45) is 2.33. The standard InChI is InChI=1S/C27H20ClN3O3S/c28-27-13-8-18(16-29-27)17-34-22-11-9-19(10-12-22)24-15-26(20-4-3-5-21(14-20)31(32)33)35-25-7-2-1-6-23(25)30-24/h1-14,16,26H,15,17H2. The van der Waals surface area contributed by atoms with Gasteiger partial charge in [-0.05, 0) is 53.6 Å². The molecule has 6 nitrogen and oxygen atoms in total. The summed E-state index contributed by atoms with van der Waals surface area (Å²) in [4.78, 5) is 21.1. The van der Waals surface area contributed by atoms with Gasteiger partial charge in [-0.1, -0.05) is 41.9 Å². The summed E-state index contributed by atoms with van der Waals surface area (Å²) >= 11 is 7.52. The van der Waals surface area contributed by atoms with Gasteiger partial charge in [0.2, 0.25) is 0 Å². The van der Waals surface area contributed by atoms with Crippen molar-refractivity contribution in [1.82, 2.24) is 4.98 Å². The molecule has 0 bridgehead atoms. The highest BCUT2D eigenvalue weighted by molar-refractivity contribution is 7.99. The maximum Gasteiger partial charge on any atom is 0.269 e. The first kappa shape index (κ1) is 23.1. The topological polar surface area (TPSA) is 77.6 Å². The van der Waals surface area contributed by atoms with Gasteiger partial charge in [-0.15, -0.1) is 11.8 Å². The van der Waals surface area contributed by atoms with Gasteiger partial charge in [0.25, 0.3) is 5.69 Å². The second kappa shape index (κ2) is 10.3. The molecule has 0 radical (unpaired) electrons. The van der Waals surface area contributed by atoms with Gasteiger partial charge < -0.3 is 4.74 Å². The summed E-state index contributed by atoms with van der Waals surface area (Å²) in [5.41, 5.74) is 4.74. The first-order valence-corrected chi connectivity index (χ1v) is 12.2. The zero-order valence-electron chi connectivity index (χ0n) is 18.5. The van der Waals surface area contributed by atoms with E-state index >= 15 is 0 Å². The van der Waals surface area contributed by atoms with Crippen LogP contribution in [0.4, 0.5) is 11.4 Å². The number of thioether (sulfide) groups is 1. The Morgan fingerprint density at radius 1 is 1.03 bits per heavy atom. The van der Waals surface area contributed by atoms with Crippen molar-refractivity contribution in [3.8, 4) is 5.75 Å². The smallest absolute Gasteiger partial charge is 0.269 e. The Morgan fingerprint density at radius 2 is 1.86 bits per heavy atom. The molecule has 0 amide bonds. The lowest BCUT2D eigenvalue weighted by Crippen LogP contribution is -2.06. The Morgan fingerprint density at radius 3 is 2.63 bits per heavy atom. The largest absolute Gasteiger partial charge is 0.489 e. The van der Waals surface area contributed by atoms with Crippen LogP contribution in [0.5, 0.6) is 5.75 Å². The van der Waals surface area contributed by atoms with Crippen molar-refractivity contribution in [3.05, 3.63) is 123 Å². The molecule has 1 aliphatic heterocycles. The highest BCUT2D eigenvalue weighted by Gasteiger charge is 2.23. The zero-order chi connectivity index (χ0) is 24.2. The number of aromatic nitrogens is 1. The van der Waals surface area contributed by atoms with Crippen LogP contribution < -0.4 is 4.74 Å². The lowest BCUT2D eigenvalue weighted by molar-refractivity contribution is -0.384. The summed E-state index contributed by atoms with van der Waals surface area (Å²) in [5.74, 6) is 0.739. The number of fused-ring (bicyclic) bond motifs is 1. The first-order valence-electron chi connectivity index (χ1n) is 11.0. The molecular weight excluding hydrogens is 482 g/mol. The van der Waals surface area contributed by atoms with Gasteiger partial charge in [-0.3, -0.25) is 15.1 Å². The molecule has 2 heterocycles. The molecule has 0 fully saturated rings. The van der Waals surface area contributed by atoms with E-state index in [9.17, 15) is 10.1 Å². The summed E-state index contributed by atoms with van der Waals surface area (Å²) in [7, 11) is 0. The van der Waals surface area contributed by atoms with Crippen molar-refractivity contribution in [3.63, 3.8) is 0 Å². The summed E-state index contributed by atoms with van der Waals surface area (Å²) in [5, 5.41) is 11.8. The molecule has 0 spiro atoms. The average molecular weight is 502 g/mol. The molecule has 5 rings (SSSR count). The van der Waals surface area contributed by atoms with Gasteiger partial charge in [-0.25, -0.2) is 4.98 Å². The maximum absolute atomic E-state index is 11.3. The fourth-order valence-corrected chi connectivity index (χ4v) is 5.15. The van der Waals surface area contributed by atoms with Crippen molar-refractivity contribution in [2.24, 2.45) is 4.99 Å². The van der Waals surface area contributed by atoms with E-state index in [1.807, 2.05) is 60.7 Å². The molecule has 1 atom stereocenters. The lowest BCUT2D eigenvalue weighted by atomic mass is 10.0. The average Bonchev–Trinajstić information content (AvgIpc) is 3.09. The fourth-order valence-electron chi connectivity index (χ4n) is 3.82. The van der Waals surface area contributed by atoms with Gasteiger partial charge in [0.05, 0.1) is 10.6 Å². The van der Waals surface area contributed by atoms with Crippen LogP contribution in [-0.2, 0) is 6.61 Å². The minimum atomic E-state index is -0.355. The number of para-hydroxylation sites is 1. The number of ether oxygens (including phenoxy) is 1. The molecule has 174 valence electrons. The van der Waals surface area contributed by atoms with Gasteiger partial charge in [0, 0.05) is 46.2 Å². The van der Waals surface area contributed by atoms with Crippen LogP contribution >= 0.6 is 23.4 Å². The number of halogens is 1. The fraction of sp³-hybridized carbons (Fsp3) is 0.111. The van der Waals surface area contributed by atoms with Gasteiger partial charge in [0.15, 0.2) is 0 Å². The van der Waals surface area contributed by atoms with Crippen LogP contribution in [0.25, 0.3) is 0 Å². The van der Waals surface area contributed by atoms with Crippen LogP contribution in [-0.4, -0.2) is 15.6 Å². The second-order valence-corrected chi connectivity index (χ2v) is 9.62. The Bertz CT molecular complexity index is 1390. The molecule has 4 aromatic rings. The molecule has 0 saturated heterocycles. The Hall–Kier alpha value is -3.68. The highest BCUT2D eigenvalue weighted by Crippen LogP contribution is 2.46. The molecule has 0 N–H and O–H groups in total. The van der Waals surface area contributed by atoms with E-state index in [2.05, 4.69) is 4.98 Å². The van der Waals surface area contributed by atoms with Crippen LogP contribution in [0.2, 0.25) is 5.15 Å². The summed E-state index contributed by atoms with van der Waals surface area (Å²) < 4.78 is 5.89. The van der Waals surface area contributed by atoms with E-state index in [-0.39, 0.29) is 15.9 Å². The number of nitrogens with zero attached hydrogens (tertiary/aromatic N) is 3. The minimum Gasteiger partial charge on any atom is -0.489 e. The SMILES string of the molecule is O=[N+]([O-])c1cccc(C2CC(c3ccc(OCc4ccc(Cl)nc4)cc3)=Nc3ccccc3S2)c1. The molecule has 1 unspecified atom stereocenters. The van der Waals surface area contributed by atoms with E-state index in [4.69, 9.17) is 21.3 Å². The Balaban J connectivity index is 1.40. The van der Waals surface area contributed by atoms with Crippen LogP contribution in [0, 0.1) is 10.1 Å². The van der Waals surface area contributed by atoms with E-state index in [0.717, 1.165) is 38.7 Å². The van der Waals surface area contributed by atoms with Gasteiger partial charge in [0.1, 0.15) is 17.5 Å². The molecular formula is C27H20ClN3O3S. The third-order valence-electron chi connectivity index (χ3n) is 5.60. The quantitative estimate of drug-likeness (QED) is 0.154. The van der Waals surface area contributed by atoms with Gasteiger partial charge in [-0.2, -0.15) is 0 Å². The maximum atomic E-state index is 11.3. The summed E-state index contributed by atoms with van der Waals surface area (Å²) in [6.45, 7) is 0.392. The second-order valence-electron chi connectivity index (χ2n) is 7.99. The first-order chi connectivity index (χ1) is 17.0. The number of hydrogen-bond donors (Lipinski definition) is 0. The van der Waals surface area contributed by atoms with E-state index < -0.39 is 0 Å². The third-order valence-corrected chi connectivity index (χ3v) is 7.15. The zero-order valence-corrected chi connectivity index (χ0v) is 20.1. The van der Waals surface area contributed by atoms with Crippen LogP contribution in [0.15, 0.2) is 101 Å². The van der Waals surface area contributed by atoms with Crippen molar-refractivity contribution in [1.29, 1.82) is 0 Å². The van der Waals surface area contributed by atoms with Crippen LogP contribution in [0.1, 0.15) is 28.4 Å². The summed E-state index contributed by atoms with van der Waals surface area (Å²) in [6, 6.07) is 26.3. The molecule has 35 heavy (non-hydrogen) atoms. The number of hydrogen-bond acceptors (Lipinski definition) is 6. The van der Waals surface area contributed by atoms with Gasteiger partial charge >= 0.3 is 0 Å². The molecule has 3 aromatic carbocycles. The molecule has 8 heteroatoms. The van der Waals surface area contributed by atoms with E-state index in [1.54, 1.807) is 36.2 Å². The molecule has 0 aliphatic carbocycles. The minimum absolute atomic E-state index is 0.00867.